The summed E-state index contributed by atoms with van der Waals surface area (Å²) >= 11 is 0. The minimum Gasteiger partial charge on any atom is -0.443 e. The van der Waals surface area contributed by atoms with Gasteiger partial charge < -0.3 is 10.5 Å². The van der Waals surface area contributed by atoms with Crippen molar-refractivity contribution in [2.45, 2.75) is 51.8 Å². The summed E-state index contributed by atoms with van der Waals surface area (Å²) in [5, 5.41) is 0. The molecule has 0 aromatic heterocycles. The van der Waals surface area contributed by atoms with Crippen LogP contribution in [0.4, 0.5) is 4.79 Å². The van der Waals surface area contributed by atoms with E-state index in [-0.39, 0.29) is 24.4 Å². The maximum absolute atomic E-state index is 11.7. The molecule has 2 amide bonds. The molecule has 1 fully saturated rings. The van der Waals surface area contributed by atoms with Crippen molar-refractivity contribution in [1.29, 1.82) is 0 Å². The summed E-state index contributed by atoms with van der Waals surface area (Å²) < 4.78 is 5.12. The molecule has 0 aliphatic carbocycles. The van der Waals surface area contributed by atoms with Crippen LogP contribution in [0.3, 0.4) is 0 Å². The number of nitrogens with two attached hydrogens (primary N) is 1. The molecule has 1 saturated heterocycles. The molecule has 15 heavy (non-hydrogen) atoms. The van der Waals surface area contributed by atoms with Gasteiger partial charge in [-0.05, 0) is 27.7 Å². The van der Waals surface area contributed by atoms with E-state index in [9.17, 15) is 9.59 Å². The minimum absolute atomic E-state index is 0.209. The van der Waals surface area contributed by atoms with Gasteiger partial charge in [0.15, 0.2) is 0 Å². The van der Waals surface area contributed by atoms with Crippen LogP contribution in [0.2, 0.25) is 0 Å². The van der Waals surface area contributed by atoms with Crippen LogP contribution < -0.4 is 5.73 Å². The van der Waals surface area contributed by atoms with Crippen LogP contribution in [-0.2, 0) is 9.53 Å². The van der Waals surface area contributed by atoms with Crippen LogP contribution in [0, 0.1) is 0 Å². The first-order valence-electron chi connectivity index (χ1n) is 5.03. The van der Waals surface area contributed by atoms with Crippen molar-refractivity contribution in [3.8, 4) is 0 Å². The zero-order valence-electron chi connectivity index (χ0n) is 9.61. The van der Waals surface area contributed by atoms with Crippen LogP contribution in [0.1, 0.15) is 34.1 Å². The highest BCUT2D eigenvalue weighted by Crippen LogP contribution is 2.20. The lowest BCUT2D eigenvalue weighted by Gasteiger charge is -2.26. The molecule has 0 saturated carbocycles. The summed E-state index contributed by atoms with van der Waals surface area (Å²) in [5.74, 6) is -0.260. The molecule has 2 N–H and O–H groups in total. The van der Waals surface area contributed by atoms with Crippen molar-refractivity contribution >= 4 is 12.0 Å². The molecule has 2 atom stereocenters. The van der Waals surface area contributed by atoms with E-state index in [1.807, 2.05) is 0 Å². The first-order chi connectivity index (χ1) is 6.72. The smallest absolute Gasteiger partial charge is 0.417 e. The molecule has 5 heteroatoms. The Morgan fingerprint density at radius 2 is 2.07 bits per heavy atom. The molecule has 0 radical (unpaired) electrons. The zero-order chi connectivity index (χ0) is 11.8. The van der Waals surface area contributed by atoms with Gasteiger partial charge in [0.05, 0.1) is 6.04 Å². The summed E-state index contributed by atoms with van der Waals surface area (Å²) in [6.07, 6.45) is -0.395. The standard InChI is InChI=1S/C10H18N2O3/c1-6-7(11)5-8(13)12(6)9(14)15-10(2,3)4/h6-7H,5,11H2,1-4H3/t6?,7-/m0/s1. The van der Waals surface area contributed by atoms with Crippen molar-refractivity contribution in [2.75, 3.05) is 0 Å². The van der Waals surface area contributed by atoms with E-state index < -0.39 is 11.7 Å². The van der Waals surface area contributed by atoms with E-state index in [1.165, 1.54) is 0 Å². The van der Waals surface area contributed by atoms with Gasteiger partial charge in [-0.1, -0.05) is 0 Å². The summed E-state index contributed by atoms with van der Waals surface area (Å²) in [5.41, 5.74) is 5.10. The van der Waals surface area contributed by atoms with Crippen LogP contribution >= 0.6 is 0 Å². The van der Waals surface area contributed by atoms with Crippen molar-refractivity contribution in [2.24, 2.45) is 5.73 Å². The highest BCUT2D eigenvalue weighted by Gasteiger charge is 2.40. The van der Waals surface area contributed by atoms with Crippen LogP contribution in [0.15, 0.2) is 0 Å². The SMILES string of the molecule is CC1[C@@H](N)CC(=O)N1C(=O)OC(C)(C)C. The third-order valence-electron chi connectivity index (χ3n) is 2.30. The van der Waals surface area contributed by atoms with Crippen LogP contribution in [0.5, 0.6) is 0 Å². The van der Waals surface area contributed by atoms with E-state index in [0.29, 0.717) is 0 Å². The van der Waals surface area contributed by atoms with Gasteiger partial charge in [-0.15, -0.1) is 0 Å². The number of likely N-dealkylation sites (tertiary alicyclic amines) is 1. The first-order valence-corrected chi connectivity index (χ1v) is 5.03. The number of carbonyl (C=O) groups excluding carboxylic acids is 2. The highest BCUT2D eigenvalue weighted by atomic mass is 16.6. The number of imide groups is 1. The quantitative estimate of drug-likeness (QED) is 0.649. The Morgan fingerprint density at radius 1 is 1.53 bits per heavy atom. The average molecular weight is 214 g/mol. The maximum atomic E-state index is 11.7. The van der Waals surface area contributed by atoms with Gasteiger partial charge in [-0.3, -0.25) is 4.79 Å². The summed E-state index contributed by atoms with van der Waals surface area (Å²) in [6.45, 7) is 7.03. The molecule has 86 valence electrons. The fourth-order valence-corrected chi connectivity index (χ4v) is 1.47. The Labute approximate surface area is 89.6 Å². The molecule has 1 heterocycles. The molecule has 1 aliphatic heterocycles. The fourth-order valence-electron chi connectivity index (χ4n) is 1.47. The third kappa shape index (κ3) is 2.68. The van der Waals surface area contributed by atoms with Gasteiger partial charge in [0.1, 0.15) is 5.60 Å². The summed E-state index contributed by atoms with van der Waals surface area (Å²) in [7, 11) is 0. The van der Waals surface area contributed by atoms with E-state index in [4.69, 9.17) is 10.5 Å². The Bertz CT molecular complexity index is 283. The number of hydrogen-bond donors (Lipinski definition) is 1. The van der Waals surface area contributed by atoms with Crippen LogP contribution in [-0.4, -0.2) is 34.6 Å². The predicted molar refractivity (Wildman–Crippen MR) is 55.1 cm³/mol. The molecule has 1 rings (SSSR count). The van der Waals surface area contributed by atoms with E-state index in [2.05, 4.69) is 0 Å². The van der Waals surface area contributed by atoms with Gasteiger partial charge in [0, 0.05) is 12.5 Å². The molecule has 0 aromatic carbocycles. The average Bonchev–Trinajstić information content (AvgIpc) is 2.22. The molecule has 5 nitrogen and oxygen atoms in total. The second-order valence-corrected chi connectivity index (χ2v) is 4.85. The number of amides is 2. The largest absolute Gasteiger partial charge is 0.443 e. The summed E-state index contributed by atoms with van der Waals surface area (Å²) in [6, 6.07) is -0.572. The lowest BCUT2D eigenvalue weighted by molar-refractivity contribution is -0.127. The first kappa shape index (κ1) is 12.0. The number of rotatable bonds is 0. The number of carbonyl (C=O) groups is 2. The Hall–Kier alpha value is -1.10. The number of nitrogens with zero attached hydrogens (tertiary/aromatic N) is 1. The van der Waals surface area contributed by atoms with Crippen molar-refractivity contribution in [1.82, 2.24) is 4.90 Å². The molecule has 0 aromatic rings. The van der Waals surface area contributed by atoms with Crippen molar-refractivity contribution in [3.05, 3.63) is 0 Å². The molecular formula is C10H18N2O3. The molecule has 1 aliphatic rings. The van der Waals surface area contributed by atoms with Gasteiger partial charge >= 0.3 is 6.09 Å². The van der Waals surface area contributed by atoms with Gasteiger partial charge in [0.2, 0.25) is 5.91 Å². The Kier molecular flexibility index (Phi) is 3.04. The van der Waals surface area contributed by atoms with Crippen LogP contribution in [0.25, 0.3) is 0 Å². The Morgan fingerprint density at radius 3 is 2.40 bits per heavy atom. The molecular weight excluding hydrogens is 196 g/mol. The summed E-state index contributed by atoms with van der Waals surface area (Å²) in [4.78, 5) is 24.2. The van der Waals surface area contributed by atoms with E-state index in [0.717, 1.165) is 4.90 Å². The molecule has 1 unspecified atom stereocenters. The maximum Gasteiger partial charge on any atom is 0.417 e. The lowest BCUT2D eigenvalue weighted by Crippen LogP contribution is -2.44. The number of ether oxygens (including phenoxy) is 1. The molecule has 0 spiro atoms. The van der Waals surface area contributed by atoms with Gasteiger partial charge in [0.25, 0.3) is 0 Å². The van der Waals surface area contributed by atoms with Crippen molar-refractivity contribution in [3.63, 3.8) is 0 Å². The van der Waals surface area contributed by atoms with Crippen molar-refractivity contribution < 1.29 is 14.3 Å². The topological polar surface area (TPSA) is 72.6 Å². The Balaban J connectivity index is 2.72. The lowest BCUT2D eigenvalue weighted by atomic mass is 10.2. The molecule has 0 bridgehead atoms. The normalized spacial score (nSPS) is 27.0. The number of hydrogen-bond acceptors (Lipinski definition) is 4. The highest BCUT2D eigenvalue weighted by molar-refractivity contribution is 5.94. The van der Waals surface area contributed by atoms with Gasteiger partial charge in [-0.25, -0.2) is 9.69 Å². The third-order valence-corrected chi connectivity index (χ3v) is 2.30. The second kappa shape index (κ2) is 3.81. The van der Waals surface area contributed by atoms with Gasteiger partial charge in [-0.2, -0.15) is 0 Å². The minimum atomic E-state index is -0.604. The fraction of sp³-hybridized carbons (Fsp3) is 0.800. The van der Waals surface area contributed by atoms with E-state index in [1.54, 1.807) is 27.7 Å². The zero-order valence-corrected chi connectivity index (χ0v) is 9.61. The monoisotopic (exact) mass is 214 g/mol. The second-order valence-electron chi connectivity index (χ2n) is 4.85. The predicted octanol–water partition coefficient (Wildman–Crippen LogP) is 0.870. The van der Waals surface area contributed by atoms with E-state index >= 15 is 0 Å².